The minimum absolute atomic E-state index is 0.107. The Hall–Kier alpha value is -3.34. The maximum Gasteiger partial charge on any atom is 0.416 e. The first-order valence-electron chi connectivity index (χ1n) is 9.53. The third-order valence-corrected chi connectivity index (χ3v) is 5.94. The SMILES string of the molecule is CC1NC(Cc2ccccc2)=C(C#N)C(c2ccc(F)cc2C(F)(F)F)C1(C)C(=O)O. The molecule has 4 nitrogen and oxygen atoms in total. The highest BCUT2D eigenvalue weighted by Crippen LogP contribution is 2.51. The second-order valence-corrected chi connectivity index (χ2v) is 7.78. The summed E-state index contributed by atoms with van der Waals surface area (Å²) in [5.74, 6) is -3.88. The Morgan fingerprint density at radius 1 is 1.23 bits per heavy atom. The van der Waals surface area contributed by atoms with Crippen LogP contribution in [0.25, 0.3) is 0 Å². The number of nitrogens with one attached hydrogen (secondary N) is 1. The molecule has 162 valence electrons. The maximum absolute atomic E-state index is 13.8. The van der Waals surface area contributed by atoms with Crippen molar-refractivity contribution in [3.05, 3.63) is 82.3 Å². The number of halogens is 4. The Balaban J connectivity index is 2.30. The summed E-state index contributed by atoms with van der Waals surface area (Å²) < 4.78 is 55.0. The van der Waals surface area contributed by atoms with E-state index in [-0.39, 0.29) is 12.0 Å². The molecule has 2 N–H and O–H groups in total. The quantitative estimate of drug-likeness (QED) is 0.665. The van der Waals surface area contributed by atoms with Gasteiger partial charge < -0.3 is 10.4 Å². The smallest absolute Gasteiger partial charge is 0.416 e. The van der Waals surface area contributed by atoms with Crippen molar-refractivity contribution < 1.29 is 27.5 Å². The van der Waals surface area contributed by atoms with Crippen molar-refractivity contribution in [3.8, 4) is 6.07 Å². The molecule has 1 heterocycles. The molecule has 1 aliphatic heterocycles. The van der Waals surface area contributed by atoms with E-state index in [2.05, 4.69) is 5.32 Å². The first kappa shape index (κ1) is 22.3. The summed E-state index contributed by atoms with van der Waals surface area (Å²) in [4.78, 5) is 12.3. The average Bonchev–Trinajstić information content (AvgIpc) is 2.70. The van der Waals surface area contributed by atoms with Crippen LogP contribution < -0.4 is 5.32 Å². The highest BCUT2D eigenvalue weighted by atomic mass is 19.4. The molecule has 2 aromatic carbocycles. The van der Waals surface area contributed by atoms with Gasteiger partial charge in [0.15, 0.2) is 0 Å². The van der Waals surface area contributed by atoms with Crippen LogP contribution in [-0.2, 0) is 17.4 Å². The summed E-state index contributed by atoms with van der Waals surface area (Å²) in [6.07, 6.45) is -4.71. The molecule has 31 heavy (non-hydrogen) atoms. The summed E-state index contributed by atoms with van der Waals surface area (Å²) in [5.41, 5.74) is -2.47. The lowest BCUT2D eigenvalue weighted by molar-refractivity contribution is -0.152. The second kappa shape index (κ2) is 8.06. The van der Waals surface area contributed by atoms with Crippen LogP contribution in [-0.4, -0.2) is 17.1 Å². The average molecular weight is 432 g/mol. The zero-order chi connectivity index (χ0) is 23.0. The van der Waals surface area contributed by atoms with Gasteiger partial charge in [-0.05, 0) is 37.1 Å². The number of allylic oxidation sites excluding steroid dienone is 2. The Labute approximate surface area is 176 Å². The molecule has 0 spiro atoms. The lowest BCUT2D eigenvalue weighted by Gasteiger charge is -2.45. The molecule has 0 amide bonds. The molecule has 2 aromatic rings. The molecule has 0 bridgehead atoms. The topological polar surface area (TPSA) is 73.1 Å². The van der Waals surface area contributed by atoms with Gasteiger partial charge in [0.05, 0.1) is 22.6 Å². The molecule has 0 aliphatic carbocycles. The molecule has 0 fully saturated rings. The number of benzene rings is 2. The highest BCUT2D eigenvalue weighted by Gasteiger charge is 2.54. The number of carbonyl (C=O) groups is 1. The molecule has 1 aliphatic rings. The van der Waals surface area contributed by atoms with E-state index < -0.39 is 46.5 Å². The van der Waals surface area contributed by atoms with Gasteiger partial charge in [0, 0.05) is 24.1 Å². The monoisotopic (exact) mass is 432 g/mol. The number of carboxylic acid groups (broad SMARTS) is 1. The number of hydrogen-bond acceptors (Lipinski definition) is 3. The molecule has 0 saturated carbocycles. The van der Waals surface area contributed by atoms with Gasteiger partial charge in [-0.25, -0.2) is 4.39 Å². The number of carboxylic acids is 1. The van der Waals surface area contributed by atoms with Crippen LogP contribution in [0.3, 0.4) is 0 Å². The van der Waals surface area contributed by atoms with Gasteiger partial charge in [-0.1, -0.05) is 36.4 Å². The number of alkyl halides is 3. The summed E-state index contributed by atoms with van der Waals surface area (Å²) >= 11 is 0. The zero-order valence-electron chi connectivity index (χ0n) is 16.8. The van der Waals surface area contributed by atoms with Crippen molar-refractivity contribution in [3.63, 3.8) is 0 Å². The molecule has 3 unspecified atom stereocenters. The van der Waals surface area contributed by atoms with Gasteiger partial charge in [0.25, 0.3) is 0 Å². The Kier molecular flexibility index (Phi) is 5.81. The predicted octanol–water partition coefficient (Wildman–Crippen LogP) is 5.03. The first-order valence-corrected chi connectivity index (χ1v) is 9.53. The molecule has 0 radical (unpaired) electrons. The second-order valence-electron chi connectivity index (χ2n) is 7.78. The number of nitrogens with zero attached hydrogens (tertiary/aromatic N) is 1. The highest BCUT2D eigenvalue weighted by molar-refractivity contribution is 5.79. The van der Waals surface area contributed by atoms with Crippen LogP contribution in [0.15, 0.2) is 59.8 Å². The van der Waals surface area contributed by atoms with Crippen molar-refractivity contribution in [2.24, 2.45) is 5.41 Å². The van der Waals surface area contributed by atoms with E-state index in [1.807, 2.05) is 6.07 Å². The van der Waals surface area contributed by atoms with Crippen molar-refractivity contribution in [2.45, 2.75) is 38.4 Å². The van der Waals surface area contributed by atoms with Crippen molar-refractivity contribution >= 4 is 5.97 Å². The van der Waals surface area contributed by atoms with Crippen LogP contribution in [0.1, 0.15) is 36.5 Å². The molecular formula is C23H20F4N2O2. The van der Waals surface area contributed by atoms with Gasteiger partial charge in [-0.3, -0.25) is 4.79 Å². The zero-order valence-corrected chi connectivity index (χ0v) is 16.8. The number of aliphatic carboxylic acids is 1. The largest absolute Gasteiger partial charge is 0.481 e. The van der Waals surface area contributed by atoms with Crippen LogP contribution in [0.5, 0.6) is 0 Å². The number of hydrogen-bond donors (Lipinski definition) is 2. The van der Waals surface area contributed by atoms with Crippen molar-refractivity contribution in [1.29, 1.82) is 5.26 Å². The summed E-state index contributed by atoms with van der Waals surface area (Å²) in [5, 5.41) is 23.0. The van der Waals surface area contributed by atoms with Gasteiger partial charge in [-0.15, -0.1) is 0 Å². The van der Waals surface area contributed by atoms with Gasteiger partial charge in [0.2, 0.25) is 0 Å². The molecule has 3 rings (SSSR count). The minimum Gasteiger partial charge on any atom is -0.481 e. The van der Waals surface area contributed by atoms with Gasteiger partial charge >= 0.3 is 12.1 Å². The lowest BCUT2D eigenvalue weighted by atomic mass is 9.62. The fraction of sp³-hybridized carbons (Fsp3) is 0.304. The Morgan fingerprint density at radius 2 is 1.87 bits per heavy atom. The number of rotatable bonds is 4. The standard InChI is InChI=1S/C23H20F4N2O2/c1-13-22(2,21(30)31)20(16-9-8-15(24)11-18(16)23(25,26)27)17(12-28)19(29-13)10-14-6-4-3-5-7-14/h3-9,11,13,20,29H,10H2,1-2H3,(H,30,31). The minimum atomic E-state index is -4.93. The number of nitriles is 1. The molecular weight excluding hydrogens is 412 g/mol. The fourth-order valence-electron chi connectivity index (χ4n) is 4.10. The van der Waals surface area contributed by atoms with Crippen LogP contribution in [0.4, 0.5) is 17.6 Å². The molecule has 3 atom stereocenters. The first-order chi connectivity index (χ1) is 14.5. The summed E-state index contributed by atoms with van der Waals surface area (Å²) in [7, 11) is 0. The van der Waals surface area contributed by atoms with E-state index in [0.717, 1.165) is 17.7 Å². The van der Waals surface area contributed by atoms with E-state index in [1.54, 1.807) is 37.3 Å². The van der Waals surface area contributed by atoms with Gasteiger partial charge in [0.1, 0.15) is 5.82 Å². The maximum atomic E-state index is 13.8. The predicted molar refractivity (Wildman–Crippen MR) is 105 cm³/mol. The third kappa shape index (κ3) is 4.00. The fourth-order valence-corrected chi connectivity index (χ4v) is 4.10. The van der Waals surface area contributed by atoms with E-state index in [1.165, 1.54) is 6.92 Å². The van der Waals surface area contributed by atoms with E-state index in [4.69, 9.17) is 0 Å². The normalized spacial score (nSPS) is 23.8. The van der Waals surface area contributed by atoms with E-state index >= 15 is 0 Å². The summed E-state index contributed by atoms with van der Waals surface area (Å²) in [6.45, 7) is 2.86. The van der Waals surface area contributed by atoms with Crippen molar-refractivity contribution in [1.82, 2.24) is 5.32 Å². The molecule has 0 saturated heterocycles. The lowest BCUT2D eigenvalue weighted by Crippen LogP contribution is -2.54. The Bertz CT molecular complexity index is 1070. The molecule has 8 heteroatoms. The summed E-state index contributed by atoms with van der Waals surface area (Å²) in [6, 6.07) is 12.2. The van der Waals surface area contributed by atoms with E-state index in [9.17, 15) is 32.7 Å². The van der Waals surface area contributed by atoms with Crippen LogP contribution >= 0.6 is 0 Å². The van der Waals surface area contributed by atoms with E-state index in [0.29, 0.717) is 11.8 Å². The van der Waals surface area contributed by atoms with Crippen LogP contribution in [0.2, 0.25) is 0 Å². The third-order valence-electron chi connectivity index (χ3n) is 5.94. The van der Waals surface area contributed by atoms with Crippen LogP contribution in [0, 0.1) is 22.6 Å². The Morgan fingerprint density at radius 3 is 2.42 bits per heavy atom. The van der Waals surface area contributed by atoms with Gasteiger partial charge in [-0.2, -0.15) is 18.4 Å². The molecule has 0 aromatic heterocycles. The van der Waals surface area contributed by atoms with Crippen molar-refractivity contribution in [2.75, 3.05) is 0 Å².